The lowest BCUT2D eigenvalue weighted by atomic mass is 9.91. The van der Waals surface area contributed by atoms with Crippen LogP contribution in [0.15, 0.2) is 0 Å². The molecule has 0 amide bonds. The molecular weight excluding hydrogens is 388 g/mol. The van der Waals surface area contributed by atoms with Gasteiger partial charge in [0.1, 0.15) is 0 Å². The Hall–Kier alpha value is -0.0500. The van der Waals surface area contributed by atoms with Crippen molar-refractivity contribution in [3.05, 3.63) is 0 Å². The molecule has 0 radical (unpaired) electrons. The number of alkyl halides is 1. The molecule has 1 atom stereocenters. The molecule has 0 N–H and O–H groups in total. The van der Waals surface area contributed by atoms with Gasteiger partial charge in [0.05, 0.1) is 6.61 Å². The Labute approximate surface area is 172 Å². The van der Waals surface area contributed by atoms with E-state index in [0.29, 0.717) is 18.9 Å². The first-order valence-electron chi connectivity index (χ1n) is 11.5. The van der Waals surface area contributed by atoms with Gasteiger partial charge in [0.15, 0.2) is 0 Å². The minimum absolute atomic E-state index is 0.0389. The normalized spacial score (nSPS) is 12.3. The maximum Gasteiger partial charge on any atom is 0.306 e. The summed E-state index contributed by atoms with van der Waals surface area (Å²) in [6.45, 7) is 5.13. The lowest BCUT2D eigenvalue weighted by Crippen LogP contribution is -2.13. The fraction of sp³-hybridized carbons (Fsp3) is 0.957. The number of esters is 1. The first kappa shape index (κ1) is 26.0. The Morgan fingerprint density at radius 2 is 1.23 bits per heavy atom. The molecule has 0 rings (SSSR count). The van der Waals surface area contributed by atoms with E-state index in [1.165, 1.54) is 89.9 Å². The van der Waals surface area contributed by atoms with E-state index < -0.39 is 0 Å². The largest absolute Gasteiger partial charge is 0.466 e. The monoisotopic (exact) mass is 432 g/mol. The third kappa shape index (κ3) is 18.7. The van der Waals surface area contributed by atoms with Crippen molar-refractivity contribution in [1.82, 2.24) is 0 Å². The lowest BCUT2D eigenvalue weighted by molar-refractivity contribution is -0.145. The molecule has 0 bridgehead atoms. The van der Waals surface area contributed by atoms with Crippen LogP contribution in [0, 0.1) is 5.92 Å². The number of rotatable bonds is 20. The second kappa shape index (κ2) is 21.3. The number of unbranched alkanes of at least 4 members (excludes halogenated alkanes) is 11. The Morgan fingerprint density at radius 3 is 1.85 bits per heavy atom. The van der Waals surface area contributed by atoms with Gasteiger partial charge in [0.25, 0.3) is 0 Å². The average Bonchev–Trinajstić information content (AvgIpc) is 2.64. The van der Waals surface area contributed by atoms with Crippen LogP contribution in [0.1, 0.15) is 123 Å². The fourth-order valence-corrected chi connectivity index (χ4v) is 3.85. The maximum atomic E-state index is 12.2. The summed E-state index contributed by atoms with van der Waals surface area (Å²) in [7, 11) is 0. The molecular formula is C23H45BrO2. The maximum absolute atomic E-state index is 12.2. The SMILES string of the molecule is CCCCCCCCC(CCCCCC)CC(=O)OCCCCCCBr. The molecule has 156 valence electrons. The van der Waals surface area contributed by atoms with Crippen LogP contribution in [0.3, 0.4) is 0 Å². The quantitative estimate of drug-likeness (QED) is 0.110. The molecule has 0 heterocycles. The van der Waals surface area contributed by atoms with Gasteiger partial charge in [-0.1, -0.05) is 107 Å². The Bertz CT molecular complexity index is 294. The van der Waals surface area contributed by atoms with Crippen LogP contribution < -0.4 is 0 Å². The zero-order chi connectivity index (χ0) is 19.3. The van der Waals surface area contributed by atoms with Gasteiger partial charge in [0, 0.05) is 11.8 Å². The predicted octanol–water partition coefficient (Wildman–Crippen LogP) is 8.21. The van der Waals surface area contributed by atoms with E-state index in [0.717, 1.165) is 18.2 Å². The van der Waals surface area contributed by atoms with Crippen molar-refractivity contribution in [3.63, 3.8) is 0 Å². The molecule has 3 heteroatoms. The highest BCUT2D eigenvalue weighted by molar-refractivity contribution is 9.09. The van der Waals surface area contributed by atoms with Crippen molar-refractivity contribution >= 4 is 21.9 Å². The summed E-state index contributed by atoms with van der Waals surface area (Å²) in [4.78, 5) is 12.2. The molecule has 0 aliphatic carbocycles. The van der Waals surface area contributed by atoms with Crippen LogP contribution >= 0.6 is 15.9 Å². The molecule has 2 nitrogen and oxygen atoms in total. The topological polar surface area (TPSA) is 26.3 Å². The van der Waals surface area contributed by atoms with Crippen LogP contribution in [-0.4, -0.2) is 17.9 Å². The number of halogens is 1. The summed E-state index contributed by atoms with van der Waals surface area (Å²) in [5.74, 6) is 0.580. The number of carbonyl (C=O) groups excluding carboxylic acids is 1. The third-order valence-corrected chi connectivity index (χ3v) is 5.74. The van der Waals surface area contributed by atoms with Gasteiger partial charge in [-0.2, -0.15) is 0 Å². The van der Waals surface area contributed by atoms with Crippen molar-refractivity contribution < 1.29 is 9.53 Å². The number of hydrogen-bond acceptors (Lipinski definition) is 2. The van der Waals surface area contributed by atoms with Crippen molar-refractivity contribution in [3.8, 4) is 0 Å². The van der Waals surface area contributed by atoms with Crippen molar-refractivity contribution in [1.29, 1.82) is 0 Å². The Kier molecular flexibility index (Phi) is 21.2. The third-order valence-electron chi connectivity index (χ3n) is 5.18. The summed E-state index contributed by atoms with van der Waals surface area (Å²) in [6.07, 6.45) is 20.9. The van der Waals surface area contributed by atoms with E-state index in [4.69, 9.17) is 4.74 Å². The first-order chi connectivity index (χ1) is 12.7. The summed E-state index contributed by atoms with van der Waals surface area (Å²) in [5.41, 5.74) is 0. The summed E-state index contributed by atoms with van der Waals surface area (Å²) >= 11 is 3.45. The van der Waals surface area contributed by atoms with E-state index in [1.54, 1.807) is 0 Å². The molecule has 0 aromatic rings. The fourth-order valence-electron chi connectivity index (χ4n) is 3.45. The van der Waals surface area contributed by atoms with Gasteiger partial charge in [-0.05, 0) is 31.6 Å². The zero-order valence-corrected chi connectivity index (χ0v) is 19.3. The second-order valence-corrected chi connectivity index (χ2v) is 8.59. The zero-order valence-electron chi connectivity index (χ0n) is 17.7. The van der Waals surface area contributed by atoms with E-state index in [2.05, 4.69) is 29.8 Å². The summed E-state index contributed by atoms with van der Waals surface area (Å²) in [6, 6.07) is 0. The molecule has 0 saturated heterocycles. The lowest BCUT2D eigenvalue weighted by Gasteiger charge is -2.16. The molecule has 0 saturated carbocycles. The van der Waals surface area contributed by atoms with Gasteiger partial charge in [0.2, 0.25) is 0 Å². The van der Waals surface area contributed by atoms with Crippen LogP contribution in [0.25, 0.3) is 0 Å². The van der Waals surface area contributed by atoms with Gasteiger partial charge in [-0.3, -0.25) is 4.79 Å². The van der Waals surface area contributed by atoms with Crippen LogP contribution in [0.5, 0.6) is 0 Å². The van der Waals surface area contributed by atoms with Gasteiger partial charge < -0.3 is 4.74 Å². The van der Waals surface area contributed by atoms with E-state index in [1.807, 2.05) is 0 Å². The first-order valence-corrected chi connectivity index (χ1v) is 12.6. The van der Waals surface area contributed by atoms with Crippen LogP contribution in [-0.2, 0) is 9.53 Å². The summed E-state index contributed by atoms with van der Waals surface area (Å²) in [5, 5.41) is 1.07. The van der Waals surface area contributed by atoms with E-state index in [9.17, 15) is 4.79 Å². The average molecular weight is 434 g/mol. The van der Waals surface area contributed by atoms with E-state index in [-0.39, 0.29) is 5.97 Å². The van der Waals surface area contributed by atoms with Gasteiger partial charge >= 0.3 is 5.97 Å². The van der Waals surface area contributed by atoms with Crippen molar-refractivity contribution in [2.24, 2.45) is 5.92 Å². The van der Waals surface area contributed by atoms with Gasteiger partial charge in [-0.15, -0.1) is 0 Å². The number of carbonyl (C=O) groups is 1. The van der Waals surface area contributed by atoms with Crippen molar-refractivity contribution in [2.45, 2.75) is 123 Å². The highest BCUT2D eigenvalue weighted by Gasteiger charge is 2.14. The number of ether oxygens (including phenoxy) is 1. The Morgan fingerprint density at radius 1 is 0.731 bits per heavy atom. The number of hydrogen-bond donors (Lipinski definition) is 0. The molecule has 0 aromatic carbocycles. The summed E-state index contributed by atoms with van der Waals surface area (Å²) < 4.78 is 5.49. The highest BCUT2D eigenvalue weighted by atomic mass is 79.9. The van der Waals surface area contributed by atoms with Crippen molar-refractivity contribution in [2.75, 3.05) is 11.9 Å². The molecule has 0 aliphatic rings. The second-order valence-electron chi connectivity index (χ2n) is 7.80. The molecule has 0 fully saturated rings. The molecule has 1 unspecified atom stereocenters. The van der Waals surface area contributed by atoms with Gasteiger partial charge in [-0.25, -0.2) is 0 Å². The Balaban J connectivity index is 3.93. The molecule has 0 aliphatic heterocycles. The standard InChI is InChI=1S/C23H45BrO2/c1-3-5-7-9-10-14-18-22(17-13-8-6-4-2)21-23(25)26-20-16-12-11-15-19-24/h22H,3-21H2,1-2H3. The molecule has 26 heavy (non-hydrogen) atoms. The molecule has 0 spiro atoms. The van der Waals surface area contributed by atoms with Crippen LogP contribution in [0.2, 0.25) is 0 Å². The minimum Gasteiger partial charge on any atom is -0.466 e. The smallest absolute Gasteiger partial charge is 0.306 e. The highest BCUT2D eigenvalue weighted by Crippen LogP contribution is 2.22. The minimum atomic E-state index is 0.0389. The van der Waals surface area contributed by atoms with E-state index >= 15 is 0 Å². The van der Waals surface area contributed by atoms with Crippen LogP contribution in [0.4, 0.5) is 0 Å². The molecule has 0 aromatic heterocycles. The predicted molar refractivity (Wildman–Crippen MR) is 118 cm³/mol.